The van der Waals surface area contributed by atoms with E-state index >= 15 is 0 Å². The highest BCUT2D eigenvalue weighted by atomic mass is 32.1. The second-order valence-corrected chi connectivity index (χ2v) is 5.82. The van der Waals surface area contributed by atoms with Crippen molar-refractivity contribution in [3.8, 4) is 11.4 Å². The van der Waals surface area contributed by atoms with Gasteiger partial charge in [-0.2, -0.15) is 4.98 Å². The summed E-state index contributed by atoms with van der Waals surface area (Å²) in [5.74, 6) is 1.13. The molecule has 3 aromatic heterocycles. The van der Waals surface area contributed by atoms with Crippen LogP contribution in [0.25, 0.3) is 11.4 Å². The SMILES string of the molecule is Cc1cc(C)c(-c2noc(C)n2)c(NC(=O)c2cccs2)n1. The molecule has 3 rings (SSSR count). The summed E-state index contributed by atoms with van der Waals surface area (Å²) in [5, 5.41) is 8.63. The molecule has 0 spiro atoms. The van der Waals surface area contributed by atoms with Crippen LogP contribution in [0.3, 0.4) is 0 Å². The summed E-state index contributed by atoms with van der Waals surface area (Å²) in [6.07, 6.45) is 0. The number of aromatic nitrogens is 3. The molecule has 1 N–H and O–H groups in total. The van der Waals surface area contributed by atoms with Gasteiger partial charge in [0, 0.05) is 12.6 Å². The molecule has 7 heteroatoms. The number of rotatable bonds is 3. The van der Waals surface area contributed by atoms with Crippen molar-refractivity contribution in [2.24, 2.45) is 0 Å². The molecule has 6 nitrogen and oxygen atoms in total. The maximum absolute atomic E-state index is 12.3. The van der Waals surface area contributed by atoms with Crippen LogP contribution in [0.5, 0.6) is 0 Å². The first-order valence-electron chi connectivity index (χ1n) is 6.68. The maximum atomic E-state index is 12.3. The van der Waals surface area contributed by atoms with Gasteiger partial charge >= 0.3 is 0 Å². The van der Waals surface area contributed by atoms with Crippen molar-refractivity contribution in [3.05, 3.63) is 45.6 Å². The van der Waals surface area contributed by atoms with Crippen molar-refractivity contribution in [2.75, 3.05) is 5.32 Å². The number of hydrogen-bond donors (Lipinski definition) is 1. The number of thiophene rings is 1. The van der Waals surface area contributed by atoms with Crippen molar-refractivity contribution in [2.45, 2.75) is 20.8 Å². The standard InChI is InChI=1S/C15H14N4O2S/c1-8-7-9(2)16-13(12(8)14-17-10(3)21-19-14)18-15(20)11-5-4-6-22-11/h4-7H,1-3H3,(H,16,18,20). The van der Waals surface area contributed by atoms with Gasteiger partial charge in [0.05, 0.1) is 10.4 Å². The lowest BCUT2D eigenvalue weighted by molar-refractivity contribution is 0.103. The van der Waals surface area contributed by atoms with Gasteiger partial charge in [-0.15, -0.1) is 11.3 Å². The molecule has 3 aromatic rings. The molecule has 0 bridgehead atoms. The normalized spacial score (nSPS) is 10.7. The average Bonchev–Trinajstić information content (AvgIpc) is 3.09. The minimum absolute atomic E-state index is 0.200. The maximum Gasteiger partial charge on any atom is 0.266 e. The Morgan fingerprint density at radius 1 is 1.27 bits per heavy atom. The van der Waals surface area contributed by atoms with Gasteiger partial charge in [0.25, 0.3) is 5.91 Å². The van der Waals surface area contributed by atoms with Crippen LogP contribution in [0.4, 0.5) is 5.82 Å². The number of carbonyl (C=O) groups is 1. The van der Waals surface area contributed by atoms with Gasteiger partial charge < -0.3 is 9.84 Å². The predicted molar refractivity (Wildman–Crippen MR) is 84.0 cm³/mol. The molecular weight excluding hydrogens is 300 g/mol. The summed E-state index contributed by atoms with van der Waals surface area (Å²) in [4.78, 5) is 21.6. The summed E-state index contributed by atoms with van der Waals surface area (Å²) < 4.78 is 5.04. The van der Waals surface area contributed by atoms with E-state index in [1.807, 2.05) is 31.4 Å². The average molecular weight is 314 g/mol. The van der Waals surface area contributed by atoms with E-state index in [-0.39, 0.29) is 5.91 Å². The lowest BCUT2D eigenvalue weighted by atomic mass is 10.1. The van der Waals surface area contributed by atoms with Crippen molar-refractivity contribution in [1.82, 2.24) is 15.1 Å². The number of anilines is 1. The number of carbonyl (C=O) groups excluding carboxylic acids is 1. The van der Waals surface area contributed by atoms with Crippen LogP contribution < -0.4 is 5.32 Å². The first-order chi connectivity index (χ1) is 10.5. The van der Waals surface area contributed by atoms with E-state index in [1.165, 1.54) is 11.3 Å². The lowest BCUT2D eigenvalue weighted by Crippen LogP contribution is -2.13. The van der Waals surface area contributed by atoms with Crippen LogP contribution in [0, 0.1) is 20.8 Å². The smallest absolute Gasteiger partial charge is 0.266 e. The lowest BCUT2D eigenvalue weighted by Gasteiger charge is -2.11. The van der Waals surface area contributed by atoms with Crippen LogP contribution in [-0.2, 0) is 0 Å². The van der Waals surface area contributed by atoms with Gasteiger partial charge in [0.1, 0.15) is 5.82 Å². The Kier molecular flexibility index (Phi) is 3.72. The first kappa shape index (κ1) is 14.4. The molecule has 0 saturated heterocycles. The van der Waals surface area contributed by atoms with E-state index in [0.29, 0.717) is 28.0 Å². The van der Waals surface area contributed by atoms with Crippen molar-refractivity contribution in [3.63, 3.8) is 0 Å². The van der Waals surface area contributed by atoms with E-state index < -0.39 is 0 Å². The minimum Gasteiger partial charge on any atom is -0.339 e. The second kappa shape index (κ2) is 5.69. The third-order valence-corrected chi connectivity index (χ3v) is 3.94. The Bertz CT molecular complexity index is 824. The minimum atomic E-state index is -0.200. The molecule has 0 radical (unpaired) electrons. The Morgan fingerprint density at radius 3 is 2.73 bits per heavy atom. The number of hydrogen-bond acceptors (Lipinski definition) is 6. The number of pyridine rings is 1. The fraction of sp³-hybridized carbons (Fsp3) is 0.200. The number of aryl methyl sites for hydroxylation is 3. The molecule has 0 fully saturated rings. The molecule has 0 aliphatic carbocycles. The third kappa shape index (κ3) is 2.75. The van der Waals surface area contributed by atoms with Crippen molar-refractivity contribution in [1.29, 1.82) is 0 Å². The molecule has 0 aliphatic heterocycles. The van der Waals surface area contributed by atoms with Crippen LogP contribution in [0.1, 0.15) is 26.8 Å². The summed E-state index contributed by atoms with van der Waals surface area (Å²) in [5.41, 5.74) is 2.41. The summed E-state index contributed by atoms with van der Waals surface area (Å²) in [7, 11) is 0. The van der Waals surface area contributed by atoms with Crippen LogP contribution >= 0.6 is 11.3 Å². The predicted octanol–water partition coefficient (Wildman–Crippen LogP) is 3.37. The molecule has 0 aliphatic rings. The van der Waals surface area contributed by atoms with Gasteiger partial charge in [-0.25, -0.2) is 4.98 Å². The highest BCUT2D eigenvalue weighted by Gasteiger charge is 2.18. The zero-order chi connectivity index (χ0) is 15.7. The van der Waals surface area contributed by atoms with Gasteiger partial charge in [-0.1, -0.05) is 11.2 Å². The van der Waals surface area contributed by atoms with Gasteiger partial charge in [0.15, 0.2) is 0 Å². The van der Waals surface area contributed by atoms with Crippen LogP contribution in [0.2, 0.25) is 0 Å². The van der Waals surface area contributed by atoms with E-state index in [4.69, 9.17) is 4.52 Å². The largest absolute Gasteiger partial charge is 0.339 e. The van der Waals surface area contributed by atoms with E-state index in [0.717, 1.165) is 11.3 Å². The fourth-order valence-electron chi connectivity index (χ4n) is 2.19. The molecule has 112 valence electrons. The molecule has 0 atom stereocenters. The first-order valence-corrected chi connectivity index (χ1v) is 7.56. The summed E-state index contributed by atoms with van der Waals surface area (Å²) >= 11 is 1.37. The Balaban J connectivity index is 2.04. The van der Waals surface area contributed by atoms with Crippen LogP contribution in [0.15, 0.2) is 28.1 Å². The van der Waals surface area contributed by atoms with Gasteiger partial charge in [0.2, 0.25) is 11.7 Å². The van der Waals surface area contributed by atoms with E-state index in [1.54, 1.807) is 13.0 Å². The van der Waals surface area contributed by atoms with Crippen molar-refractivity contribution >= 4 is 23.1 Å². The second-order valence-electron chi connectivity index (χ2n) is 4.87. The van der Waals surface area contributed by atoms with Crippen molar-refractivity contribution < 1.29 is 9.32 Å². The molecule has 0 aromatic carbocycles. The zero-order valence-electron chi connectivity index (χ0n) is 12.4. The monoisotopic (exact) mass is 314 g/mol. The topological polar surface area (TPSA) is 80.9 Å². The number of amides is 1. The van der Waals surface area contributed by atoms with E-state index in [2.05, 4.69) is 20.4 Å². The van der Waals surface area contributed by atoms with Gasteiger partial charge in [-0.05, 0) is 36.9 Å². The number of nitrogens with zero attached hydrogens (tertiary/aromatic N) is 3. The molecule has 22 heavy (non-hydrogen) atoms. The highest BCUT2D eigenvalue weighted by molar-refractivity contribution is 7.12. The molecule has 1 amide bonds. The van der Waals surface area contributed by atoms with Gasteiger partial charge in [-0.3, -0.25) is 4.79 Å². The molecule has 0 saturated carbocycles. The number of nitrogens with one attached hydrogen (secondary N) is 1. The summed E-state index contributed by atoms with van der Waals surface area (Å²) in [6.45, 7) is 5.52. The zero-order valence-corrected chi connectivity index (χ0v) is 13.2. The third-order valence-electron chi connectivity index (χ3n) is 3.07. The highest BCUT2D eigenvalue weighted by Crippen LogP contribution is 2.29. The molecule has 3 heterocycles. The fourth-order valence-corrected chi connectivity index (χ4v) is 2.81. The Hall–Kier alpha value is -2.54. The van der Waals surface area contributed by atoms with E-state index in [9.17, 15) is 4.79 Å². The van der Waals surface area contributed by atoms with Crippen LogP contribution in [-0.4, -0.2) is 21.0 Å². The Labute approximate surface area is 131 Å². The quantitative estimate of drug-likeness (QED) is 0.801. The summed E-state index contributed by atoms with van der Waals surface area (Å²) in [6, 6.07) is 5.51. The molecule has 0 unspecified atom stereocenters. The Morgan fingerprint density at radius 2 is 2.09 bits per heavy atom. The molecular formula is C15H14N4O2S.